The summed E-state index contributed by atoms with van der Waals surface area (Å²) < 4.78 is 12.2. The third-order valence-corrected chi connectivity index (χ3v) is 6.59. The lowest BCUT2D eigenvalue weighted by molar-refractivity contribution is 0.201. The number of para-hydroxylation sites is 2. The van der Waals surface area contributed by atoms with Crippen LogP contribution in [-0.4, -0.2) is 57.5 Å². The van der Waals surface area contributed by atoms with Crippen LogP contribution in [0.2, 0.25) is 0 Å². The van der Waals surface area contributed by atoms with Crippen LogP contribution in [0, 0.1) is 0 Å². The first-order valence-electron chi connectivity index (χ1n) is 11.2. The van der Waals surface area contributed by atoms with E-state index < -0.39 is 0 Å². The molecule has 2 aromatic carbocycles. The van der Waals surface area contributed by atoms with E-state index in [0.717, 1.165) is 57.6 Å². The molecule has 4 aromatic rings. The number of ether oxygens (including phenoxy) is 2. The molecule has 9 heteroatoms. The summed E-state index contributed by atoms with van der Waals surface area (Å²) in [5.74, 6) is 2.15. The van der Waals surface area contributed by atoms with Gasteiger partial charge < -0.3 is 29.9 Å². The predicted octanol–water partition coefficient (Wildman–Crippen LogP) is 5.09. The van der Waals surface area contributed by atoms with Crippen molar-refractivity contribution in [3.8, 4) is 5.75 Å². The molecule has 0 aliphatic carbocycles. The Kier molecular flexibility index (Phi) is 6.37. The number of fused-ring (bicyclic) bond motifs is 2. The quantitative estimate of drug-likeness (QED) is 0.364. The van der Waals surface area contributed by atoms with Crippen molar-refractivity contribution >= 4 is 56.1 Å². The fourth-order valence-corrected chi connectivity index (χ4v) is 4.79. The Hall–Kier alpha value is -3.56. The number of hydrogen-bond acceptors (Lipinski definition) is 9. The van der Waals surface area contributed by atoms with Crippen molar-refractivity contribution in [3.63, 3.8) is 0 Å². The van der Waals surface area contributed by atoms with Gasteiger partial charge in [-0.3, -0.25) is 0 Å². The number of benzene rings is 2. The number of anilines is 6. The number of hydrogen-bond donors (Lipinski definition) is 2. The molecular weight excluding hydrogens is 448 g/mol. The van der Waals surface area contributed by atoms with E-state index in [-0.39, 0.29) is 0 Å². The molecule has 0 bridgehead atoms. The summed E-state index contributed by atoms with van der Waals surface area (Å²) in [7, 11) is 5.78. The minimum absolute atomic E-state index is 0.530. The number of methoxy groups -OCH3 is 1. The molecule has 8 nitrogen and oxygen atoms in total. The fourth-order valence-electron chi connectivity index (χ4n) is 4.02. The minimum Gasteiger partial charge on any atom is -0.489 e. The predicted molar refractivity (Wildman–Crippen MR) is 141 cm³/mol. The molecule has 176 valence electrons. The van der Waals surface area contributed by atoms with Crippen LogP contribution < -0.4 is 25.2 Å². The van der Waals surface area contributed by atoms with Gasteiger partial charge >= 0.3 is 0 Å². The van der Waals surface area contributed by atoms with Crippen LogP contribution in [0.5, 0.6) is 5.75 Å². The zero-order valence-electron chi connectivity index (χ0n) is 19.5. The summed E-state index contributed by atoms with van der Waals surface area (Å²) in [5.41, 5.74) is 4.93. The van der Waals surface area contributed by atoms with Crippen molar-refractivity contribution in [3.05, 3.63) is 53.9 Å². The normalized spacial score (nSPS) is 12.9. The van der Waals surface area contributed by atoms with Crippen molar-refractivity contribution in [1.29, 1.82) is 0 Å². The van der Waals surface area contributed by atoms with Gasteiger partial charge in [-0.1, -0.05) is 12.1 Å². The molecule has 0 fully saturated rings. The highest BCUT2D eigenvalue weighted by Crippen LogP contribution is 2.36. The molecule has 0 unspecified atom stereocenters. The molecule has 0 amide bonds. The summed E-state index contributed by atoms with van der Waals surface area (Å²) in [4.78, 5) is 13.9. The highest BCUT2D eigenvalue weighted by molar-refractivity contribution is 7.17. The van der Waals surface area contributed by atoms with Crippen LogP contribution in [0.25, 0.3) is 10.2 Å². The third-order valence-electron chi connectivity index (χ3n) is 5.68. The van der Waals surface area contributed by atoms with E-state index in [1.54, 1.807) is 18.4 Å². The second-order valence-corrected chi connectivity index (χ2v) is 9.12. The Morgan fingerprint density at radius 3 is 2.85 bits per heavy atom. The maximum Gasteiger partial charge on any atom is 0.229 e. The average molecular weight is 477 g/mol. The van der Waals surface area contributed by atoms with Gasteiger partial charge in [0.1, 0.15) is 12.4 Å². The lowest BCUT2D eigenvalue weighted by Crippen LogP contribution is -2.35. The first-order chi connectivity index (χ1) is 16.6. The molecule has 34 heavy (non-hydrogen) atoms. The lowest BCUT2D eigenvalue weighted by atomic mass is 10.2. The number of nitrogens with zero attached hydrogens (tertiary/aromatic N) is 4. The average Bonchev–Trinajstić information content (AvgIpc) is 3.32. The summed E-state index contributed by atoms with van der Waals surface area (Å²) in [6.45, 7) is 3.02. The Morgan fingerprint density at radius 2 is 2.00 bits per heavy atom. The van der Waals surface area contributed by atoms with Crippen LogP contribution in [0.3, 0.4) is 0 Å². The minimum atomic E-state index is 0.530. The van der Waals surface area contributed by atoms with E-state index in [0.29, 0.717) is 19.2 Å². The highest BCUT2D eigenvalue weighted by Gasteiger charge is 2.19. The van der Waals surface area contributed by atoms with Gasteiger partial charge in [0.25, 0.3) is 0 Å². The summed E-state index contributed by atoms with van der Waals surface area (Å²) in [6, 6.07) is 16.3. The van der Waals surface area contributed by atoms with Gasteiger partial charge in [0, 0.05) is 39.5 Å². The first kappa shape index (κ1) is 22.2. The van der Waals surface area contributed by atoms with Gasteiger partial charge in [0.15, 0.2) is 5.82 Å². The number of nitrogens with one attached hydrogen (secondary N) is 2. The SMILES string of the molecule is COCCN1CCOc2cc(Nc3nc(Nc4ccccc4N(C)C)c4sccc4n3)ccc21. The summed E-state index contributed by atoms with van der Waals surface area (Å²) >= 11 is 1.62. The summed E-state index contributed by atoms with van der Waals surface area (Å²) in [5, 5.41) is 8.92. The molecule has 1 aliphatic heterocycles. The molecular formula is C25H28N6O2S. The smallest absolute Gasteiger partial charge is 0.229 e. The molecule has 0 saturated carbocycles. The van der Waals surface area contributed by atoms with Gasteiger partial charge in [0.05, 0.1) is 40.4 Å². The second-order valence-electron chi connectivity index (χ2n) is 8.20. The van der Waals surface area contributed by atoms with Crippen LogP contribution >= 0.6 is 11.3 Å². The van der Waals surface area contributed by atoms with E-state index in [9.17, 15) is 0 Å². The van der Waals surface area contributed by atoms with Crippen LogP contribution in [0.4, 0.5) is 34.5 Å². The van der Waals surface area contributed by atoms with Gasteiger partial charge in [0.2, 0.25) is 5.95 Å². The van der Waals surface area contributed by atoms with E-state index >= 15 is 0 Å². The molecule has 2 aromatic heterocycles. The van der Waals surface area contributed by atoms with Crippen molar-refractivity contribution in [1.82, 2.24) is 9.97 Å². The van der Waals surface area contributed by atoms with Crippen LogP contribution in [0.1, 0.15) is 0 Å². The molecule has 0 spiro atoms. The monoisotopic (exact) mass is 476 g/mol. The van der Waals surface area contributed by atoms with Crippen molar-refractivity contribution in [2.45, 2.75) is 0 Å². The molecule has 2 N–H and O–H groups in total. The van der Waals surface area contributed by atoms with Crippen LogP contribution in [0.15, 0.2) is 53.9 Å². The standard InChI is InChI=1S/C25H28N6O2S/c1-30(2)20-7-5-4-6-18(20)27-24-23-19(10-15-34-23)28-25(29-24)26-17-8-9-21-22(16-17)33-14-12-31(21)11-13-32-3/h4-10,15-16H,11-14H2,1-3H3,(H2,26,27,28,29). The lowest BCUT2D eigenvalue weighted by Gasteiger charge is -2.31. The molecule has 1 aliphatic rings. The molecule has 5 rings (SSSR count). The van der Waals surface area contributed by atoms with Gasteiger partial charge in [-0.25, -0.2) is 4.98 Å². The molecule has 0 saturated heterocycles. The molecule has 0 radical (unpaired) electrons. The molecule has 0 atom stereocenters. The van der Waals surface area contributed by atoms with Crippen molar-refractivity contribution in [2.24, 2.45) is 0 Å². The van der Waals surface area contributed by atoms with Crippen molar-refractivity contribution in [2.75, 3.05) is 67.9 Å². The number of aromatic nitrogens is 2. The number of rotatable bonds is 8. The number of thiophene rings is 1. The van der Waals surface area contributed by atoms with E-state index in [2.05, 4.69) is 38.6 Å². The van der Waals surface area contributed by atoms with Gasteiger partial charge in [-0.05, 0) is 35.7 Å². The zero-order chi connectivity index (χ0) is 23.5. The Morgan fingerprint density at radius 1 is 1.12 bits per heavy atom. The van der Waals surface area contributed by atoms with Crippen molar-refractivity contribution < 1.29 is 9.47 Å². The maximum atomic E-state index is 5.93. The Balaban J connectivity index is 1.43. The highest BCUT2D eigenvalue weighted by atomic mass is 32.1. The molecule has 3 heterocycles. The largest absolute Gasteiger partial charge is 0.489 e. The second kappa shape index (κ2) is 9.74. The Labute approximate surface area is 203 Å². The topological polar surface area (TPSA) is 74.8 Å². The van der Waals surface area contributed by atoms with Crippen LogP contribution in [-0.2, 0) is 4.74 Å². The van der Waals surface area contributed by atoms with E-state index in [1.165, 1.54) is 0 Å². The maximum absolute atomic E-state index is 5.93. The van der Waals surface area contributed by atoms with E-state index in [4.69, 9.17) is 19.4 Å². The van der Waals surface area contributed by atoms with Gasteiger partial charge in [-0.15, -0.1) is 11.3 Å². The first-order valence-corrected chi connectivity index (χ1v) is 12.1. The Bertz CT molecular complexity index is 1290. The zero-order valence-corrected chi connectivity index (χ0v) is 20.4. The van der Waals surface area contributed by atoms with E-state index in [1.807, 2.05) is 49.8 Å². The summed E-state index contributed by atoms with van der Waals surface area (Å²) in [6.07, 6.45) is 0. The fraction of sp³-hybridized carbons (Fsp3) is 0.280. The van der Waals surface area contributed by atoms with Gasteiger partial charge in [-0.2, -0.15) is 4.98 Å². The third kappa shape index (κ3) is 4.57.